The number of benzene rings is 1. The van der Waals surface area contributed by atoms with Crippen LogP contribution in [0.25, 0.3) is 0 Å². The van der Waals surface area contributed by atoms with Crippen molar-refractivity contribution in [2.45, 2.75) is 6.42 Å². The second-order valence-corrected chi connectivity index (χ2v) is 7.17. The molecule has 1 saturated heterocycles. The molecule has 0 aliphatic carbocycles. The SMILES string of the molecule is CN(CCc1ccncc1)c1nccc(N2CCN(c3ccccc3F)CC2)n1. The minimum absolute atomic E-state index is 0.166. The molecule has 6 nitrogen and oxygen atoms in total. The molecule has 1 fully saturated rings. The maximum absolute atomic E-state index is 14.0. The Hall–Kier alpha value is -3.22. The number of hydrogen-bond donors (Lipinski definition) is 0. The van der Waals surface area contributed by atoms with Crippen LogP contribution in [-0.4, -0.2) is 54.7 Å². The molecule has 3 aromatic rings. The Bertz CT molecular complexity index is 927. The van der Waals surface area contributed by atoms with E-state index in [9.17, 15) is 4.39 Å². The third-order valence-electron chi connectivity index (χ3n) is 5.25. The zero-order chi connectivity index (χ0) is 20.1. The van der Waals surface area contributed by atoms with Crippen LogP contribution in [0, 0.1) is 5.82 Å². The molecule has 0 atom stereocenters. The van der Waals surface area contributed by atoms with E-state index in [2.05, 4.69) is 24.7 Å². The van der Waals surface area contributed by atoms with Crippen molar-refractivity contribution in [3.05, 3.63) is 72.4 Å². The first-order chi connectivity index (χ1) is 14.2. The number of nitrogens with zero attached hydrogens (tertiary/aromatic N) is 6. The fraction of sp³-hybridized carbons (Fsp3) is 0.318. The number of piperazine rings is 1. The summed E-state index contributed by atoms with van der Waals surface area (Å²) in [5, 5.41) is 0. The topological polar surface area (TPSA) is 48.4 Å². The summed E-state index contributed by atoms with van der Waals surface area (Å²) in [5.41, 5.74) is 1.92. The van der Waals surface area contributed by atoms with Gasteiger partial charge in [-0.25, -0.2) is 9.37 Å². The van der Waals surface area contributed by atoms with Crippen molar-refractivity contribution in [2.24, 2.45) is 0 Å². The maximum atomic E-state index is 14.0. The van der Waals surface area contributed by atoms with Crippen molar-refractivity contribution in [1.82, 2.24) is 15.0 Å². The molecule has 3 heterocycles. The van der Waals surface area contributed by atoms with Gasteiger partial charge in [0.2, 0.25) is 5.95 Å². The molecule has 0 unspecified atom stereocenters. The summed E-state index contributed by atoms with van der Waals surface area (Å²) in [6.45, 7) is 3.95. The van der Waals surface area contributed by atoms with Gasteiger partial charge in [-0.15, -0.1) is 0 Å². The molecule has 7 heteroatoms. The van der Waals surface area contributed by atoms with Crippen molar-refractivity contribution in [3.8, 4) is 0 Å². The first-order valence-corrected chi connectivity index (χ1v) is 9.88. The minimum atomic E-state index is -0.166. The van der Waals surface area contributed by atoms with E-state index in [0.717, 1.165) is 45.0 Å². The molecule has 0 radical (unpaired) electrons. The lowest BCUT2D eigenvalue weighted by Gasteiger charge is -2.37. The summed E-state index contributed by atoms with van der Waals surface area (Å²) in [5.74, 6) is 1.47. The van der Waals surface area contributed by atoms with Gasteiger partial charge in [0.15, 0.2) is 0 Å². The molecule has 0 amide bonds. The average molecular weight is 392 g/mol. The first-order valence-electron chi connectivity index (χ1n) is 9.88. The highest BCUT2D eigenvalue weighted by Gasteiger charge is 2.20. The van der Waals surface area contributed by atoms with Crippen LogP contribution < -0.4 is 14.7 Å². The lowest BCUT2D eigenvalue weighted by molar-refractivity contribution is 0.596. The van der Waals surface area contributed by atoms with Crippen molar-refractivity contribution >= 4 is 17.5 Å². The molecule has 0 N–H and O–H groups in total. The van der Waals surface area contributed by atoms with Gasteiger partial charge in [0, 0.05) is 58.4 Å². The maximum Gasteiger partial charge on any atom is 0.227 e. The van der Waals surface area contributed by atoms with E-state index in [4.69, 9.17) is 4.98 Å². The predicted octanol–water partition coefficient (Wildman–Crippen LogP) is 3.02. The smallest absolute Gasteiger partial charge is 0.227 e. The summed E-state index contributed by atoms with van der Waals surface area (Å²) in [7, 11) is 2.01. The summed E-state index contributed by atoms with van der Waals surface area (Å²) in [6, 6.07) is 13.0. The standard InChI is InChI=1S/C22H25FN6/c1-27(13-9-18-6-10-24-11-7-18)22-25-12-8-21(26-22)29-16-14-28(15-17-29)20-5-3-2-4-19(20)23/h2-8,10-12H,9,13-17H2,1H3. The molecule has 150 valence electrons. The van der Waals surface area contributed by atoms with Crippen molar-refractivity contribution in [2.75, 3.05) is 54.5 Å². The molecule has 1 aliphatic heterocycles. The predicted molar refractivity (Wildman–Crippen MR) is 114 cm³/mol. The zero-order valence-corrected chi connectivity index (χ0v) is 16.6. The quantitative estimate of drug-likeness (QED) is 0.643. The third kappa shape index (κ3) is 4.62. The third-order valence-corrected chi connectivity index (χ3v) is 5.25. The van der Waals surface area contributed by atoms with Gasteiger partial charge < -0.3 is 14.7 Å². The Balaban J connectivity index is 1.37. The van der Waals surface area contributed by atoms with Crippen LogP contribution in [-0.2, 0) is 6.42 Å². The monoisotopic (exact) mass is 392 g/mol. The van der Waals surface area contributed by atoms with Crippen LogP contribution in [0.2, 0.25) is 0 Å². The molecule has 1 aromatic carbocycles. The van der Waals surface area contributed by atoms with E-state index in [1.165, 1.54) is 11.6 Å². The number of pyridine rings is 1. The van der Waals surface area contributed by atoms with Crippen LogP contribution in [0.4, 0.5) is 21.8 Å². The minimum Gasteiger partial charge on any atom is -0.366 e. The van der Waals surface area contributed by atoms with Crippen LogP contribution in [0.5, 0.6) is 0 Å². The van der Waals surface area contributed by atoms with Crippen molar-refractivity contribution < 1.29 is 4.39 Å². The number of halogens is 1. The lowest BCUT2D eigenvalue weighted by atomic mass is 10.2. The Kier molecular flexibility index (Phi) is 5.84. The molecule has 0 spiro atoms. The van der Waals surface area contributed by atoms with Gasteiger partial charge in [0.05, 0.1) is 5.69 Å². The number of anilines is 3. The Morgan fingerprint density at radius 2 is 1.66 bits per heavy atom. The van der Waals surface area contributed by atoms with Crippen molar-refractivity contribution in [1.29, 1.82) is 0 Å². The van der Waals surface area contributed by atoms with Crippen molar-refractivity contribution in [3.63, 3.8) is 0 Å². The summed E-state index contributed by atoms with van der Waals surface area (Å²) >= 11 is 0. The Morgan fingerprint density at radius 1 is 0.931 bits per heavy atom. The van der Waals surface area contributed by atoms with Gasteiger partial charge >= 0.3 is 0 Å². The van der Waals surface area contributed by atoms with Gasteiger partial charge in [-0.1, -0.05) is 12.1 Å². The number of likely N-dealkylation sites (N-methyl/N-ethyl adjacent to an activating group) is 1. The van der Waals surface area contributed by atoms with E-state index in [1.54, 1.807) is 6.07 Å². The summed E-state index contributed by atoms with van der Waals surface area (Å²) in [6.07, 6.45) is 6.35. The molecular weight excluding hydrogens is 367 g/mol. The fourth-order valence-electron chi connectivity index (χ4n) is 3.53. The van der Waals surface area contributed by atoms with E-state index in [-0.39, 0.29) is 5.82 Å². The average Bonchev–Trinajstić information content (AvgIpc) is 2.79. The lowest BCUT2D eigenvalue weighted by Crippen LogP contribution is -2.47. The van der Waals surface area contributed by atoms with Gasteiger partial charge in [0.1, 0.15) is 11.6 Å². The van der Waals surface area contributed by atoms with Crippen LogP contribution >= 0.6 is 0 Å². The van der Waals surface area contributed by atoms with E-state index in [0.29, 0.717) is 11.6 Å². The number of aromatic nitrogens is 3. The summed E-state index contributed by atoms with van der Waals surface area (Å²) < 4.78 is 14.0. The Morgan fingerprint density at radius 3 is 2.41 bits per heavy atom. The van der Waals surface area contributed by atoms with Gasteiger partial charge in [0.25, 0.3) is 0 Å². The molecular formula is C22H25FN6. The van der Waals surface area contributed by atoms with Gasteiger partial charge in [-0.2, -0.15) is 4.98 Å². The molecule has 2 aromatic heterocycles. The molecule has 0 bridgehead atoms. The van der Waals surface area contributed by atoms with Gasteiger partial charge in [-0.3, -0.25) is 4.98 Å². The summed E-state index contributed by atoms with van der Waals surface area (Å²) in [4.78, 5) is 19.6. The van der Waals surface area contributed by atoms with E-state index < -0.39 is 0 Å². The first kappa shape index (κ1) is 19.1. The fourth-order valence-corrected chi connectivity index (χ4v) is 3.53. The van der Waals surface area contributed by atoms with Crippen LogP contribution in [0.15, 0.2) is 61.1 Å². The molecule has 4 rings (SSSR count). The van der Waals surface area contributed by atoms with E-state index in [1.807, 2.05) is 56.0 Å². The highest BCUT2D eigenvalue weighted by atomic mass is 19.1. The number of rotatable bonds is 6. The molecule has 0 saturated carbocycles. The van der Waals surface area contributed by atoms with Crippen LogP contribution in [0.1, 0.15) is 5.56 Å². The molecule has 1 aliphatic rings. The zero-order valence-electron chi connectivity index (χ0n) is 16.6. The van der Waals surface area contributed by atoms with Gasteiger partial charge in [-0.05, 0) is 42.3 Å². The largest absolute Gasteiger partial charge is 0.366 e. The number of hydrogen-bond acceptors (Lipinski definition) is 6. The second-order valence-electron chi connectivity index (χ2n) is 7.17. The normalized spacial score (nSPS) is 14.1. The van der Waals surface area contributed by atoms with Crippen LogP contribution in [0.3, 0.4) is 0 Å². The molecule has 29 heavy (non-hydrogen) atoms. The highest BCUT2D eigenvalue weighted by Crippen LogP contribution is 2.22. The Labute approximate surface area is 170 Å². The van der Waals surface area contributed by atoms with E-state index >= 15 is 0 Å². The second kappa shape index (κ2) is 8.86. The number of para-hydroxylation sites is 1. The highest BCUT2D eigenvalue weighted by molar-refractivity contribution is 5.51.